The highest BCUT2D eigenvalue weighted by Crippen LogP contribution is 2.30. The number of nitriles is 1. The SMILES string of the molecule is N#Cc1cccnc1N1CCC[C@@H](C(=O)Nc2ccccc2Oc2cccnc2)C1. The molecule has 2 aromatic heterocycles. The number of rotatable bonds is 5. The van der Waals surface area contributed by atoms with Gasteiger partial charge in [0.2, 0.25) is 5.91 Å². The van der Waals surface area contributed by atoms with E-state index in [1.54, 1.807) is 36.8 Å². The van der Waals surface area contributed by atoms with Crippen LogP contribution in [0, 0.1) is 17.2 Å². The van der Waals surface area contributed by atoms with Gasteiger partial charge in [0.25, 0.3) is 0 Å². The number of nitrogens with zero attached hydrogens (tertiary/aromatic N) is 4. The number of carbonyl (C=O) groups is 1. The first-order valence-corrected chi connectivity index (χ1v) is 9.82. The fourth-order valence-electron chi connectivity index (χ4n) is 3.55. The van der Waals surface area contributed by atoms with Crippen LogP contribution in [0.5, 0.6) is 11.5 Å². The number of amides is 1. The second-order valence-electron chi connectivity index (χ2n) is 7.05. The van der Waals surface area contributed by atoms with Gasteiger partial charge in [-0.05, 0) is 49.2 Å². The van der Waals surface area contributed by atoms with Gasteiger partial charge in [0.05, 0.1) is 23.4 Å². The van der Waals surface area contributed by atoms with E-state index >= 15 is 0 Å². The Hall–Kier alpha value is -3.92. The van der Waals surface area contributed by atoms with Crippen LogP contribution in [0.2, 0.25) is 0 Å². The van der Waals surface area contributed by atoms with Gasteiger partial charge in [0.1, 0.15) is 17.6 Å². The third kappa shape index (κ3) is 4.39. The first kappa shape index (κ1) is 19.4. The van der Waals surface area contributed by atoms with E-state index in [9.17, 15) is 10.1 Å². The van der Waals surface area contributed by atoms with Gasteiger partial charge < -0.3 is 15.0 Å². The Kier molecular flexibility index (Phi) is 5.85. The number of ether oxygens (including phenoxy) is 1. The van der Waals surface area contributed by atoms with Crippen LogP contribution >= 0.6 is 0 Å². The average molecular weight is 399 g/mol. The van der Waals surface area contributed by atoms with Crippen molar-refractivity contribution in [1.29, 1.82) is 5.26 Å². The van der Waals surface area contributed by atoms with Crippen molar-refractivity contribution in [2.24, 2.45) is 5.92 Å². The van der Waals surface area contributed by atoms with Gasteiger partial charge in [0, 0.05) is 25.5 Å². The van der Waals surface area contributed by atoms with Crippen molar-refractivity contribution in [1.82, 2.24) is 9.97 Å². The Morgan fingerprint density at radius 2 is 2.03 bits per heavy atom. The number of piperidine rings is 1. The van der Waals surface area contributed by atoms with Crippen LogP contribution in [0.3, 0.4) is 0 Å². The van der Waals surface area contributed by atoms with E-state index < -0.39 is 0 Å². The number of hydrogen-bond donors (Lipinski definition) is 1. The van der Waals surface area contributed by atoms with E-state index in [2.05, 4.69) is 21.4 Å². The zero-order valence-corrected chi connectivity index (χ0v) is 16.4. The van der Waals surface area contributed by atoms with Crippen LogP contribution in [0.25, 0.3) is 0 Å². The number of pyridine rings is 2. The maximum Gasteiger partial charge on any atom is 0.229 e. The summed E-state index contributed by atoms with van der Waals surface area (Å²) in [5, 5.41) is 12.4. The van der Waals surface area contributed by atoms with Crippen LogP contribution in [0.15, 0.2) is 67.1 Å². The van der Waals surface area contributed by atoms with Crippen molar-refractivity contribution in [3.8, 4) is 17.6 Å². The molecule has 3 aromatic rings. The molecule has 7 heteroatoms. The molecule has 150 valence electrons. The number of anilines is 2. The molecule has 1 fully saturated rings. The van der Waals surface area contributed by atoms with Crippen LogP contribution in [0.4, 0.5) is 11.5 Å². The largest absolute Gasteiger partial charge is 0.454 e. The summed E-state index contributed by atoms with van der Waals surface area (Å²) in [6.45, 7) is 1.29. The molecule has 1 saturated heterocycles. The molecule has 1 atom stereocenters. The summed E-state index contributed by atoms with van der Waals surface area (Å²) in [6, 6.07) is 16.6. The fraction of sp³-hybridized carbons (Fsp3) is 0.217. The first-order valence-electron chi connectivity index (χ1n) is 9.82. The van der Waals surface area contributed by atoms with Crippen molar-refractivity contribution in [3.05, 3.63) is 72.7 Å². The molecule has 0 aliphatic carbocycles. The molecule has 30 heavy (non-hydrogen) atoms. The van der Waals surface area contributed by atoms with Crippen molar-refractivity contribution >= 4 is 17.4 Å². The van der Waals surface area contributed by atoms with Gasteiger partial charge >= 0.3 is 0 Å². The van der Waals surface area contributed by atoms with Crippen LogP contribution in [-0.2, 0) is 4.79 Å². The van der Waals surface area contributed by atoms with Gasteiger partial charge in [-0.3, -0.25) is 9.78 Å². The van der Waals surface area contributed by atoms with Crippen LogP contribution < -0.4 is 15.0 Å². The maximum atomic E-state index is 13.0. The highest BCUT2D eigenvalue weighted by molar-refractivity contribution is 5.94. The average Bonchev–Trinajstić information content (AvgIpc) is 2.81. The highest BCUT2D eigenvalue weighted by Gasteiger charge is 2.28. The molecule has 0 radical (unpaired) electrons. The number of nitrogens with one attached hydrogen (secondary N) is 1. The fourth-order valence-corrected chi connectivity index (χ4v) is 3.55. The smallest absolute Gasteiger partial charge is 0.229 e. The predicted octanol–water partition coefficient (Wildman–Crippen LogP) is 4.00. The molecule has 0 unspecified atom stereocenters. The minimum absolute atomic E-state index is 0.0728. The molecule has 1 aliphatic rings. The topological polar surface area (TPSA) is 91.1 Å². The van der Waals surface area contributed by atoms with E-state index in [1.165, 1.54) is 0 Å². The Labute approximate surface area is 175 Å². The lowest BCUT2D eigenvalue weighted by Gasteiger charge is -2.33. The van der Waals surface area contributed by atoms with Crippen molar-refractivity contribution in [2.45, 2.75) is 12.8 Å². The first-order chi connectivity index (χ1) is 14.7. The van der Waals surface area contributed by atoms with Crippen molar-refractivity contribution < 1.29 is 9.53 Å². The molecule has 1 N–H and O–H groups in total. The lowest BCUT2D eigenvalue weighted by Crippen LogP contribution is -2.41. The van der Waals surface area contributed by atoms with Gasteiger partial charge in [-0.2, -0.15) is 5.26 Å². The minimum atomic E-state index is -0.209. The monoisotopic (exact) mass is 399 g/mol. The molecule has 3 heterocycles. The van der Waals surface area contributed by atoms with Crippen molar-refractivity contribution in [2.75, 3.05) is 23.3 Å². The second-order valence-corrected chi connectivity index (χ2v) is 7.05. The molecular weight excluding hydrogens is 378 g/mol. The zero-order valence-electron chi connectivity index (χ0n) is 16.4. The second kappa shape index (κ2) is 9.05. The molecule has 4 rings (SSSR count). The van der Waals surface area contributed by atoms with Gasteiger partial charge in [-0.1, -0.05) is 12.1 Å². The summed E-state index contributed by atoms with van der Waals surface area (Å²) >= 11 is 0. The summed E-state index contributed by atoms with van der Waals surface area (Å²) in [5.74, 6) is 1.51. The Balaban J connectivity index is 1.47. The van der Waals surface area contributed by atoms with E-state index in [-0.39, 0.29) is 11.8 Å². The number of para-hydroxylation sites is 2. The molecule has 1 amide bonds. The molecule has 7 nitrogen and oxygen atoms in total. The Morgan fingerprint density at radius 3 is 2.87 bits per heavy atom. The predicted molar refractivity (Wildman–Crippen MR) is 113 cm³/mol. The lowest BCUT2D eigenvalue weighted by molar-refractivity contribution is -0.120. The number of aromatic nitrogens is 2. The van der Waals surface area contributed by atoms with Crippen molar-refractivity contribution in [3.63, 3.8) is 0 Å². The molecule has 0 bridgehead atoms. The summed E-state index contributed by atoms with van der Waals surface area (Å²) in [4.78, 5) is 23.4. The number of benzene rings is 1. The van der Waals surface area contributed by atoms with E-state index in [1.807, 2.05) is 35.2 Å². The van der Waals surface area contributed by atoms with E-state index in [4.69, 9.17) is 4.74 Å². The van der Waals surface area contributed by atoms with Crippen LogP contribution in [0.1, 0.15) is 18.4 Å². The van der Waals surface area contributed by atoms with E-state index in [0.717, 1.165) is 19.4 Å². The standard InChI is InChI=1S/C23H21N5O2/c24-14-17-6-3-12-26-22(17)28-13-5-7-18(16-28)23(29)27-20-9-1-2-10-21(20)30-19-8-4-11-25-15-19/h1-4,6,8-12,15,18H,5,7,13,16H2,(H,27,29)/t18-/m1/s1. The van der Waals surface area contributed by atoms with Gasteiger partial charge in [-0.15, -0.1) is 0 Å². The number of carbonyl (C=O) groups excluding carboxylic acids is 1. The summed E-state index contributed by atoms with van der Waals surface area (Å²) in [7, 11) is 0. The highest BCUT2D eigenvalue weighted by atomic mass is 16.5. The summed E-state index contributed by atoms with van der Waals surface area (Å²) in [5.41, 5.74) is 1.13. The summed E-state index contributed by atoms with van der Waals surface area (Å²) < 4.78 is 5.88. The minimum Gasteiger partial charge on any atom is -0.454 e. The lowest BCUT2D eigenvalue weighted by atomic mass is 9.96. The maximum absolute atomic E-state index is 13.0. The molecule has 1 aromatic carbocycles. The Bertz CT molecular complexity index is 1060. The third-order valence-corrected chi connectivity index (χ3v) is 5.01. The normalized spacial score (nSPS) is 15.8. The third-order valence-electron chi connectivity index (χ3n) is 5.01. The number of hydrogen-bond acceptors (Lipinski definition) is 6. The van der Waals surface area contributed by atoms with Gasteiger partial charge in [0.15, 0.2) is 5.75 Å². The quantitative estimate of drug-likeness (QED) is 0.697. The summed E-state index contributed by atoms with van der Waals surface area (Å²) in [6.07, 6.45) is 6.61. The molecular formula is C23H21N5O2. The molecule has 1 aliphatic heterocycles. The Morgan fingerprint density at radius 1 is 1.17 bits per heavy atom. The zero-order chi connectivity index (χ0) is 20.8. The van der Waals surface area contributed by atoms with Crippen LogP contribution in [-0.4, -0.2) is 29.0 Å². The molecule has 0 saturated carbocycles. The van der Waals surface area contributed by atoms with E-state index in [0.29, 0.717) is 35.1 Å². The molecule has 0 spiro atoms. The van der Waals surface area contributed by atoms with Gasteiger partial charge in [-0.25, -0.2) is 4.98 Å².